The summed E-state index contributed by atoms with van der Waals surface area (Å²) >= 11 is 6.23. The Morgan fingerprint density at radius 1 is 1.14 bits per heavy atom. The van der Waals surface area contributed by atoms with Gasteiger partial charge in [-0.05, 0) is 12.1 Å². The van der Waals surface area contributed by atoms with Crippen LogP contribution in [0.25, 0.3) is 5.82 Å². The number of rotatable bonds is 3. The van der Waals surface area contributed by atoms with E-state index >= 15 is 0 Å². The van der Waals surface area contributed by atoms with Crippen molar-refractivity contribution >= 4 is 23.2 Å². The van der Waals surface area contributed by atoms with Crippen LogP contribution in [0.5, 0.6) is 0 Å². The molecule has 0 bridgehead atoms. The summed E-state index contributed by atoms with van der Waals surface area (Å²) in [6, 6.07) is 1.88. The Morgan fingerprint density at radius 2 is 1.79 bits per heavy atom. The Balaban J connectivity index is 1.80. The standard InChI is InChI=1S/C18H19ClF3N5O2/c1-11(2)16(28)26-7-5-25(6-8-26)13-10-24-27(17(29)15(13)19)14-4-3-12(9-23-14)18(20,21)22/h3-4,9-11H,5-8H2,1-2H3. The maximum Gasteiger partial charge on any atom is 0.417 e. The van der Waals surface area contributed by atoms with E-state index in [1.165, 1.54) is 6.20 Å². The van der Waals surface area contributed by atoms with E-state index in [-0.39, 0.29) is 22.7 Å². The number of amides is 1. The van der Waals surface area contributed by atoms with Crippen LogP contribution in [0.3, 0.4) is 0 Å². The minimum Gasteiger partial charge on any atom is -0.365 e. The summed E-state index contributed by atoms with van der Waals surface area (Å²) in [7, 11) is 0. The van der Waals surface area contributed by atoms with Gasteiger partial charge in [0, 0.05) is 38.3 Å². The smallest absolute Gasteiger partial charge is 0.365 e. The number of carbonyl (C=O) groups excluding carboxylic acids is 1. The lowest BCUT2D eigenvalue weighted by molar-refractivity contribution is -0.138. The Labute approximate surface area is 169 Å². The molecular weight excluding hydrogens is 411 g/mol. The molecule has 1 aliphatic heterocycles. The molecule has 0 aromatic carbocycles. The second kappa shape index (κ2) is 8.02. The van der Waals surface area contributed by atoms with E-state index in [1.54, 1.807) is 4.90 Å². The van der Waals surface area contributed by atoms with E-state index in [1.807, 2.05) is 18.7 Å². The zero-order valence-electron chi connectivity index (χ0n) is 15.8. The molecule has 1 saturated heterocycles. The Hall–Kier alpha value is -2.62. The minimum absolute atomic E-state index is 0.0659. The van der Waals surface area contributed by atoms with Gasteiger partial charge in [-0.2, -0.15) is 23.0 Å². The summed E-state index contributed by atoms with van der Waals surface area (Å²) in [5.74, 6) is -0.0894. The molecule has 0 spiro atoms. The van der Waals surface area contributed by atoms with Gasteiger partial charge in [-0.3, -0.25) is 9.59 Å². The highest BCUT2D eigenvalue weighted by Crippen LogP contribution is 2.29. The molecule has 0 N–H and O–H groups in total. The Kier molecular flexibility index (Phi) is 5.83. The second-order valence-corrected chi connectivity index (χ2v) is 7.31. The first kappa shape index (κ1) is 21.1. The number of alkyl halides is 3. The van der Waals surface area contributed by atoms with E-state index in [4.69, 9.17) is 11.6 Å². The maximum atomic E-state index is 12.7. The molecule has 0 saturated carbocycles. The third-order valence-corrected chi connectivity index (χ3v) is 4.97. The third-order valence-electron chi connectivity index (χ3n) is 4.62. The normalized spacial score (nSPS) is 15.1. The number of halogens is 4. The minimum atomic E-state index is -4.52. The van der Waals surface area contributed by atoms with Crippen molar-refractivity contribution in [1.82, 2.24) is 19.7 Å². The lowest BCUT2D eigenvalue weighted by Gasteiger charge is -2.36. The molecule has 0 atom stereocenters. The number of hydrogen-bond donors (Lipinski definition) is 0. The maximum absolute atomic E-state index is 12.7. The van der Waals surface area contributed by atoms with E-state index in [9.17, 15) is 22.8 Å². The van der Waals surface area contributed by atoms with Gasteiger partial charge >= 0.3 is 6.18 Å². The van der Waals surface area contributed by atoms with Crippen molar-refractivity contribution in [3.8, 4) is 5.82 Å². The lowest BCUT2D eigenvalue weighted by atomic mass is 10.1. The SMILES string of the molecule is CC(C)C(=O)N1CCN(c2cnn(-c3ccc(C(F)(F)F)cn3)c(=O)c2Cl)CC1. The summed E-state index contributed by atoms with van der Waals surface area (Å²) in [5, 5.41) is 3.91. The van der Waals surface area contributed by atoms with Crippen LogP contribution in [-0.4, -0.2) is 51.8 Å². The van der Waals surface area contributed by atoms with Crippen LogP contribution in [0.1, 0.15) is 19.4 Å². The zero-order chi connectivity index (χ0) is 21.3. The van der Waals surface area contributed by atoms with Crippen LogP contribution in [0.15, 0.2) is 29.3 Å². The predicted molar refractivity (Wildman–Crippen MR) is 101 cm³/mol. The molecule has 3 heterocycles. The van der Waals surface area contributed by atoms with Gasteiger partial charge in [0.1, 0.15) is 5.02 Å². The van der Waals surface area contributed by atoms with Gasteiger partial charge in [0.25, 0.3) is 5.56 Å². The number of pyridine rings is 1. The van der Waals surface area contributed by atoms with Crippen LogP contribution >= 0.6 is 11.6 Å². The number of carbonyl (C=O) groups is 1. The molecule has 2 aromatic rings. The van der Waals surface area contributed by atoms with Crippen LogP contribution in [0.4, 0.5) is 18.9 Å². The van der Waals surface area contributed by atoms with Crippen LogP contribution in [-0.2, 0) is 11.0 Å². The monoisotopic (exact) mass is 429 g/mol. The molecule has 2 aromatic heterocycles. The fourth-order valence-corrected chi connectivity index (χ4v) is 3.27. The number of piperazine rings is 1. The highest BCUT2D eigenvalue weighted by molar-refractivity contribution is 6.33. The molecule has 1 amide bonds. The average molecular weight is 430 g/mol. The van der Waals surface area contributed by atoms with E-state index in [2.05, 4.69) is 10.1 Å². The molecule has 1 fully saturated rings. The molecule has 0 unspecified atom stereocenters. The number of nitrogens with zero attached hydrogens (tertiary/aromatic N) is 5. The van der Waals surface area contributed by atoms with Crippen molar-refractivity contribution in [2.45, 2.75) is 20.0 Å². The van der Waals surface area contributed by atoms with Gasteiger partial charge in [-0.15, -0.1) is 0 Å². The molecule has 0 aliphatic carbocycles. The molecule has 29 heavy (non-hydrogen) atoms. The van der Waals surface area contributed by atoms with Crippen molar-refractivity contribution in [3.05, 3.63) is 45.5 Å². The third kappa shape index (κ3) is 4.36. The summed E-state index contributed by atoms with van der Waals surface area (Å²) in [5.41, 5.74) is -1.19. The first-order valence-corrected chi connectivity index (χ1v) is 9.32. The van der Waals surface area contributed by atoms with Crippen molar-refractivity contribution in [3.63, 3.8) is 0 Å². The molecule has 1 aliphatic rings. The van der Waals surface area contributed by atoms with Crippen LogP contribution < -0.4 is 10.5 Å². The van der Waals surface area contributed by atoms with E-state index in [0.717, 1.165) is 16.8 Å². The first-order valence-electron chi connectivity index (χ1n) is 8.94. The van der Waals surface area contributed by atoms with Crippen molar-refractivity contribution < 1.29 is 18.0 Å². The molecule has 11 heteroatoms. The van der Waals surface area contributed by atoms with Crippen molar-refractivity contribution in [2.75, 3.05) is 31.1 Å². The fraction of sp³-hybridized carbons (Fsp3) is 0.444. The van der Waals surface area contributed by atoms with Gasteiger partial charge in [0.2, 0.25) is 5.91 Å². The quantitative estimate of drug-likeness (QED) is 0.750. The van der Waals surface area contributed by atoms with Crippen molar-refractivity contribution in [1.29, 1.82) is 0 Å². The number of hydrogen-bond acceptors (Lipinski definition) is 5. The second-order valence-electron chi connectivity index (χ2n) is 6.93. The topological polar surface area (TPSA) is 71.3 Å². The summed E-state index contributed by atoms with van der Waals surface area (Å²) in [6.45, 7) is 5.65. The van der Waals surface area contributed by atoms with Crippen LogP contribution in [0.2, 0.25) is 5.02 Å². The molecular formula is C18H19ClF3N5O2. The average Bonchev–Trinajstić information content (AvgIpc) is 2.69. The van der Waals surface area contributed by atoms with E-state index in [0.29, 0.717) is 38.1 Å². The van der Waals surface area contributed by atoms with Gasteiger partial charge in [0.05, 0.1) is 17.4 Å². The molecule has 3 rings (SSSR count). The molecule has 156 valence electrons. The molecule has 0 radical (unpaired) electrons. The zero-order valence-corrected chi connectivity index (χ0v) is 16.5. The highest BCUT2D eigenvalue weighted by atomic mass is 35.5. The predicted octanol–water partition coefficient (Wildman–Crippen LogP) is 2.60. The highest BCUT2D eigenvalue weighted by Gasteiger charge is 2.31. The Bertz CT molecular complexity index is 951. The summed E-state index contributed by atoms with van der Waals surface area (Å²) < 4.78 is 38.9. The van der Waals surface area contributed by atoms with Crippen LogP contribution in [0, 0.1) is 5.92 Å². The van der Waals surface area contributed by atoms with Gasteiger partial charge < -0.3 is 9.80 Å². The van der Waals surface area contributed by atoms with Crippen molar-refractivity contribution in [2.24, 2.45) is 5.92 Å². The Morgan fingerprint density at radius 3 is 2.31 bits per heavy atom. The van der Waals surface area contributed by atoms with Gasteiger partial charge in [-0.25, -0.2) is 4.98 Å². The van der Waals surface area contributed by atoms with E-state index < -0.39 is 17.3 Å². The summed E-state index contributed by atoms with van der Waals surface area (Å²) in [4.78, 5) is 32.0. The van der Waals surface area contributed by atoms with Gasteiger partial charge in [0.15, 0.2) is 5.82 Å². The lowest BCUT2D eigenvalue weighted by Crippen LogP contribution is -2.50. The number of anilines is 1. The molecule has 7 nitrogen and oxygen atoms in total. The largest absolute Gasteiger partial charge is 0.417 e. The van der Waals surface area contributed by atoms with Gasteiger partial charge in [-0.1, -0.05) is 25.4 Å². The number of aromatic nitrogens is 3. The fourth-order valence-electron chi connectivity index (χ4n) is 3.02. The summed E-state index contributed by atoms with van der Waals surface area (Å²) in [6.07, 6.45) is -2.51. The first-order chi connectivity index (χ1) is 13.6.